The van der Waals surface area contributed by atoms with Crippen molar-refractivity contribution in [3.05, 3.63) is 205 Å². The molecule has 8 aromatic rings. The minimum atomic E-state index is -1.61. The van der Waals surface area contributed by atoms with Gasteiger partial charge in [0, 0.05) is 41.8 Å². The van der Waals surface area contributed by atoms with Gasteiger partial charge in [-0.05, 0) is 142 Å². The molecule has 276 valence electrons. The molecule has 1 spiro atoms. The lowest BCUT2D eigenvalue weighted by Crippen LogP contribution is -2.27. The first kappa shape index (κ1) is 35.6. The van der Waals surface area contributed by atoms with Gasteiger partial charge in [-0.1, -0.05) is 72.8 Å². The van der Waals surface area contributed by atoms with E-state index in [1.54, 1.807) is 36.7 Å². The zero-order valence-corrected chi connectivity index (χ0v) is 33.2. The minimum Gasteiger partial charge on any atom is -0.249 e. The molecule has 0 saturated heterocycles. The van der Waals surface area contributed by atoms with Crippen LogP contribution in [0.3, 0.4) is 0 Å². The van der Waals surface area contributed by atoms with Crippen LogP contribution in [-0.4, -0.2) is 26.8 Å². The van der Waals surface area contributed by atoms with Crippen LogP contribution in [0, 0.1) is 0 Å². The van der Waals surface area contributed by atoms with Gasteiger partial charge in [-0.25, -0.2) is 26.8 Å². The maximum absolute atomic E-state index is 14.3. The standard InChI is InChI=1S/C47H30N2O4S4/c50-54(31-11-3-1-4-12-31)33-17-21-37-38-22-18-34(55(51)32-13-5-2-6-14-32)28-42(38)47(41(37)27-33)43-29-35(56(52)45-15-7-9-25-48-45)19-23-39(43)40-24-20-36(30-44(40)47)57(53)46-16-8-10-26-49-46/h1-30H. The van der Waals surface area contributed by atoms with E-state index in [-0.39, 0.29) is 0 Å². The van der Waals surface area contributed by atoms with Gasteiger partial charge in [0.2, 0.25) is 0 Å². The smallest absolute Gasteiger partial charge is 0.132 e. The fourth-order valence-electron chi connectivity index (χ4n) is 8.12. The number of rotatable bonds is 8. The van der Waals surface area contributed by atoms with E-state index in [1.165, 1.54) is 0 Å². The molecule has 4 atom stereocenters. The van der Waals surface area contributed by atoms with E-state index >= 15 is 0 Å². The Morgan fingerprint density at radius 1 is 0.316 bits per heavy atom. The Hall–Kier alpha value is -5.78. The number of pyridine rings is 2. The monoisotopic (exact) mass is 814 g/mol. The molecule has 0 amide bonds. The summed E-state index contributed by atoms with van der Waals surface area (Å²) in [5.74, 6) is 0. The molecule has 2 heterocycles. The molecule has 10 rings (SSSR count). The second-order valence-corrected chi connectivity index (χ2v) is 19.4. The molecular formula is C47H30N2O4S4. The molecule has 0 saturated carbocycles. The highest BCUT2D eigenvalue weighted by Crippen LogP contribution is 2.63. The average molecular weight is 815 g/mol. The lowest BCUT2D eigenvalue weighted by atomic mass is 9.70. The van der Waals surface area contributed by atoms with Gasteiger partial charge in [-0.2, -0.15) is 0 Å². The number of benzene rings is 6. The Morgan fingerprint density at radius 3 is 0.947 bits per heavy atom. The number of nitrogens with zero attached hydrogens (tertiary/aromatic N) is 2. The molecule has 0 fully saturated rings. The van der Waals surface area contributed by atoms with Crippen molar-refractivity contribution >= 4 is 43.2 Å². The van der Waals surface area contributed by atoms with Crippen molar-refractivity contribution in [3.63, 3.8) is 0 Å². The molecule has 57 heavy (non-hydrogen) atoms. The summed E-state index contributed by atoms with van der Waals surface area (Å²) < 4.78 is 57.1. The van der Waals surface area contributed by atoms with Gasteiger partial charge in [-0.15, -0.1) is 0 Å². The summed E-state index contributed by atoms with van der Waals surface area (Å²) in [4.78, 5) is 12.6. The number of aromatic nitrogens is 2. The average Bonchev–Trinajstić information content (AvgIpc) is 3.74. The van der Waals surface area contributed by atoms with E-state index in [0.29, 0.717) is 39.4 Å². The third kappa shape index (κ3) is 5.77. The van der Waals surface area contributed by atoms with Crippen LogP contribution in [0.1, 0.15) is 22.3 Å². The Balaban J connectivity index is 1.28. The first-order valence-electron chi connectivity index (χ1n) is 18.1. The van der Waals surface area contributed by atoms with Crippen molar-refractivity contribution in [2.45, 2.75) is 44.8 Å². The summed E-state index contributed by atoms with van der Waals surface area (Å²) >= 11 is 0. The van der Waals surface area contributed by atoms with Crippen LogP contribution >= 0.6 is 0 Å². The van der Waals surface area contributed by atoms with E-state index in [0.717, 1.165) is 44.5 Å². The van der Waals surface area contributed by atoms with Crippen molar-refractivity contribution in [3.8, 4) is 22.3 Å². The topological polar surface area (TPSA) is 94.1 Å². The minimum absolute atomic E-state index is 0.434. The third-order valence-corrected chi connectivity index (χ3v) is 16.0. The van der Waals surface area contributed by atoms with Crippen LogP contribution in [0.4, 0.5) is 0 Å². The number of fused-ring (bicyclic) bond motifs is 10. The quantitative estimate of drug-likeness (QED) is 0.152. The molecular weight excluding hydrogens is 785 g/mol. The van der Waals surface area contributed by atoms with Crippen molar-refractivity contribution in [2.75, 3.05) is 0 Å². The summed E-state index contributed by atoms with van der Waals surface area (Å²) in [5.41, 5.74) is 6.12. The molecule has 2 aromatic heterocycles. The van der Waals surface area contributed by atoms with Crippen molar-refractivity contribution in [1.29, 1.82) is 0 Å². The Labute approximate surface area is 339 Å². The lowest BCUT2D eigenvalue weighted by molar-refractivity contribution is 0.679. The van der Waals surface area contributed by atoms with Crippen molar-refractivity contribution in [2.24, 2.45) is 0 Å². The second-order valence-electron chi connectivity index (χ2n) is 13.6. The molecule has 2 aliphatic rings. The number of hydrogen-bond acceptors (Lipinski definition) is 6. The Kier molecular flexibility index (Phi) is 8.94. The van der Waals surface area contributed by atoms with Gasteiger partial charge in [0.25, 0.3) is 0 Å². The lowest BCUT2D eigenvalue weighted by Gasteiger charge is -2.31. The summed E-state index contributed by atoms with van der Waals surface area (Å²) in [7, 11) is -6.24. The molecule has 0 N–H and O–H groups in total. The Morgan fingerprint density at radius 2 is 0.632 bits per heavy atom. The fraction of sp³-hybridized carbons (Fsp3) is 0.0213. The van der Waals surface area contributed by atoms with Gasteiger partial charge < -0.3 is 0 Å². The molecule has 6 nitrogen and oxygen atoms in total. The molecule has 6 aromatic carbocycles. The van der Waals surface area contributed by atoms with E-state index in [2.05, 4.69) is 9.97 Å². The summed E-state index contributed by atoms with van der Waals surface area (Å²) in [6.45, 7) is 0. The third-order valence-electron chi connectivity index (χ3n) is 10.6. The molecule has 4 unspecified atom stereocenters. The summed E-state index contributed by atoms with van der Waals surface area (Å²) in [6, 6.07) is 53.2. The van der Waals surface area contributed by atoms with E-state index < -0.39 is 48.6 Å². The number of hydrogen-bond donors (Lipinski definition) is 0. The first-order chi connectivity index (χ1) is 27.9. The highest BCUT2D eigenvalue weighted by molar-refractivity contribution is 7.85. The first-order valence-corrected chi connectivity index (χ1v) is 22.7. The molecule has 0 aliphatic heterocycles. The largest absolute Gasteiger partial charge is 0.249 e. The van der Waals surface area contributed by atoms with Gasteiger partial charge in [0.15, 0.2) is 0 Å². The fourth-order valence-corrected chi connectivity index (χ4v) is 12.3. The predicted octanol–water partition coefficient (Wildman–Crippen LogP) is 9.49. The van der Waals surface area contributed by atoms with Crippen molar-refractivity contribution < 1.29 is 16.8 Å². The van der Waals surface area contributed by atoms with Crippen LogP contribution < -0.4 is 0 Å². The van der Waals surface area contributed by atoms with Gasteiger partial charge >= 0.3 is 0 Å². The van der Waals surface area contributed by atoms with Gasteiger partial charge in [0.1, 0.15) is 31.7 Å². The van der Waals surface area contributed by atoms with Crippen LogP contribution in [0.25, 0.3) is 22.3 Å². The normalized spacial score (nSPS) is 16.8. The Bertz CT molecular complexity index is 2570. The van der Waals surface area contributed by atoms with Crippen molar-refractivity contribution in [1.82, 2.24) is 9.97 Å². The summed E-state index contributed by atoms with van der Waals surface area (Å²) in [6.07, 6.45) is 3.26. The maximum Gasteiger partial charge on any atom is 0.132 e. The van der Waals surface area contributed by atoms with Crippen LogP contribution in [0.15, 0.2) is 222 Å². The molecule has 0 radical (unpaired) electrons. The molecule has 2 aliphatic carbocycles. The highest BCUT2D eigenvalue weighted by Gasteiger charge is 2.52. The summed E-state index contributed by atoms with van der Waals surface area (Å²) in [5, 5.41) is 0.867. The zero-order chi connectivity index (χ0) is 38.7. The van der Waals surface area contributed by atoms with E-state index in [9.17, 15) is 16.8 Å². The maximum atomic E-state index is 14.3. The zero-order valence-electron chi connectivity index (χ0n) is 30.0. The predicted molar refractivity (Wildman–Crippen MR) is 223 cm³/mol. The molecule has 0 bridgehead atoms. The highest BCUT2D eigenvalue weighted by atomic mass is 32.2. The van der Waals surface area contributed by atoms with Crippen LogP contribution in [0.2, 0.25) is 0 Å². The SMILES string of the molecule is O=S(c1ccccc1)c1ccc2c(c1)C1(c3cc(S(=O)c4ccccc4)ccc3-2)c2cc(S(=O)c3ccccn3)ccc2-c2ccc(S(=O)c3ccccn3)cc21. The molecule has 10 heteroatoms. The van der Waals surface area contributed by atoms with Crippen LogP contribution in [0.5, 0.6) is 0 Å². The van der Waals surface area contributed by atoms with Gasteiger partial charge in [-0.3, -0.25) is 0 Å². The van der Waals surface area contributed by atoms with Crippen LogP contribution in [-0.2, 0) is 48.6 Å². The van der Waals surface area contributed by atoms with E-state index in [4.69, 9.17) is 0 Å². The van der Waals surface area contributed by atoms with E-state index in [1.807, 2.05) is 146 Å². The second kappa shape index (κ2) is 14.3. The van der Waals surface area contributed by atoms with Gasteiger partial charge in [0.05, 0.1) is 27.0 Å².